The van der Waals surface area contributed by atoms with E-state index in [9.17, 15) is 26.8 Å². The zero-order chi connectivity index (χ0) is 24.5. The first-order chi connectivity index (χ1) is 16.0. The molecule has 15 heteroatoms. The summed E-state index contributed by atoms with van der Waals surface area (Å²) in [5, 5.41) is 18.2. The van der Waals surface area contributed by atoms with Crippen LogP contribution in [0.5, 0.6) is 0 Å². The summed E-state index contributed by atoms with van der Waals surface area (Å²) >= 11 is 0. The molecule has 1 saturated carbocycles. The molecule has 0 bridgehead atoms. The molecule has 1 aliphatic heterocycles. The molecule has 2 fully saturated rings. The van der Waals surface area contributed by atoms with Crippen LogP contribution in [0.1, 0.15) is 39.0 Å². The number of rotatable bonds is 7. The molecule has 2 aliphatic rings. The second kappa shape index (κ2) is 9.70. The maximum Gasteiger partial charge on any atom is 0.390 e. The Balaban J connectivity index is 1.34. The summed E-state index contributed by atoms with van der Waals surface area (Å²) < 4.78 is 68.7. The van der Waals surface area contributed by atoms with E-state index in [4.69, 9.17) is 4.74 Å². The molecule has 34 heavy (non-hydrogen) atoms. The van der Waals surface area contributed by atoms with E-state index in [-0.39, 0.29) is 17.8 Å². The second-order valence-electron chi connectivity index (χ2n) is 8.77. The van der Waals surface area contributed by atoms with Gasteiger partial charge >= 0.3 is 6.18 Å². The van der Waals surface area contributed by atoms with Gasteiger partial charge < -0.3 is 20.2 Å². The molecule has 2 aromatic rings. The van der Waals surface area contributed by atoms with Crippen molar-refractivity contribution in [1.82, 2.24) is 24.6 Å². The Hall–Kier alpha value is -2.39. The normalized spacial score (nSPS) is 24.5. The topological polar surface area (TPSA) is 134 Å². The van der Waals surface area contributed by atoms with E-state index >= 15 is 0 Å². The maximum atomic E-state index is 12.3. The summed E-state index contributed by atoms with van der Waals surface area (Å²) in [6.07, 6.45) is -2.12. The summed E-state index contributed by atoms with van der Waals surface area (Å²) in [7, 11) is -3.99. The molecule has 4 rings (SSSR count). The molecular weight excluding hydrogens is 479 g/mol. The summed E-state index contributed by atoms with van der Waals surface area (Å²) in [4.78, 5) is 11.5. The molecule has 3 heterocycles. The van der Waals surface area contributed by atoms with Crippen molar-refractivity contribution in [3.63, 3.8) is 0 Å². The summed E-state index contributed by atoms with van der Waals surface area (Å²) in [6.45, 7) is 3.79. The number of anilines is 2. The standard InChI is InChI=1S/C19H28F3N7O4S/c1-12-11-28(7-8-33-12)17-15-10-23-18(25-16(15)29(30)26-17)24-13-2-4-14(5-3-13)27-34(31,32)9-6-19(20,21)22/h10,12-14,27,30H,2-9,11H2,1H3,(H,23,24,25)/t12-,13?,14?/m0/s1. The molecule has 0 amide bonds. The van der Waals surface area contributed by atoms with Crippen LogP contribution < -0.4 is 14.9 Å². The number of hydrogen-bond acceptors (Lipinski definition) is 9. The summed E-state index contributed by atoms with van der Waals surface area (Å²) in [6, 6.07) is -0.444. The first kappa shape index (κ1) is 24.7. The Bertz CT molecular complexity index is 1100. The van der Waals surface area contributed by atoms with E-state index in [0.29, 0.717) is 62.5 Å². The van der Waals surface area contributed by atoms with Crippen LogP contribution in [-0.4, -0.2) is 83.3 Å². The highest BCUT2D eigenvalue weighted by Crippen LogP contribution is 2.27. The number of halogens is 3. The van der Waals surface area contributed by atoms with E-state index in [1.807, 2.05) is 11.8 Å². The van der Waals surface area contributed by atoms with Crippen LogP contribution in [0.2, 0.25) is 0 Å². The van der Waals surface area contributed by atoms with Crippen molar-refractivity contribution in [2.45, 2.75) is 63.4 Å². The fraction of sp³-hybridized carbons (Fsp3) is 0.737. The van der Waals surface area contributed by atoms with Crippen molar-refractivity contribution in [3.05, 3.63) is 6.20 Å². The third-order valence-corrected chi connectivity index (χ3v) is 7.42. The fourth-order valence-electron chi connectivity index (χ4n) is 4.29. The highest BCUT2D eigenvalue weighted by atomic mass is 32.2. The highest BCUT2D eigenvalue weighted by molar-refractivity contribution is 7.89. The molecular formula is C19H28F3N7O4S. The molecule has 0 aromatic carbocycles. The number of nitrogens with one attached hydrogen (secondary N) is 2. The lowest BCUT2D eigenvalue weighted by Gasteiger charge is -2.31. The van der Waals surface area contributed by atoms with Gasteiger partial charge in [-0.15, -0.1) is 5.10 Å². The van der Waals surface area contributed by atoms with Crippen molar-refractivity contribution in [2.75, 3.05) is 35.7 Å². The minimum Gasteiger partial charge on any atom is -0.410 e. The first-order valence-corrected chi connectivity index (χ1v) is 12.8. The van der Waals surface area contributed by atoms with E-state index in [1.165, 1.54) is 0 Å². The van der Waals surface area contributed by atoms with Gasteiger partial charge in [-0.3, -0.25) is 0 Å². The molecule has 1 aliphatic carbocycles. The molecule has 0 radical (unpaired) electrons. The Morgan fingerprint density at radius 1 is 1.24 bits per heavy atom. The van der Waals surface area contributed by atoms with Gasteiger partial charge in [0.05, 0.1) is 30.3 Å². The molecule has 11 nitrogen and oxygen atoms in total. The maximum absolute atomic E-state index is 12.3. The Kier molecular flexibility index (Phi) is 7.05. The van der Waals surface area contributed by atoms with Crippen molar-refractivity contribution in [2.24, 2.45) is 0 Å². The summed E-state index contributed by atoms with van der Waals surface area (Å²) in [5.74, 6) is -0.0840. The predicted molar refractivity (Wildman–Crippen MR) is 117 cm³/mol. The molecule has 0 unspecified atom stereocenters. The average Bonchev–Trinajstić information content (AvgIpc) is 3.09. The van der Waals surface area contributed by atoms with Crippen LogP contribution in [0, 0.1) is 0 Å². The number of fused-ring (bicyclic) bond motifs is 1. The number of nitrogens with zero attached hydrogens (tertiary/aromatic N) is 5. The largest absolute Gasteiger partial charge is 0.410 e. The number of ether oxygens (including phenoxy) is 1. The zero-order valence-electron chi connectivity index (χ0n) is 18.6. The molecule has 190 valence electrons. The lowest BCUT2D eigenvalue weighted by molar-refractivity contribution is -0.130. The van der Waals surface area contributed by atoms with Crippen molar-refractivity contribution in [1.29, 1.82) is 0 Å². The second-order valence-corrected chi connectivity index (χ2v) is 10.6. The molecule has 0 spiro atoms. The minimum absolute atomic E-state index is 0.0389. The predicted octanol–water partition coefficient (Wildman–Crippen LogP) is 1.88. The number of sulfonamides is 1. The van der Waals surface area contributed by atoms with E-state index in [0.717, 1.165) is 4.85 Å². The quantitative estimate of drug-likeness (QED) is 0.480. The molecule has 3 N–H and O–H groups in total. The van der Waals surface area contributed by atoms with Crippen molar-refractivity contribution in [3.8, 4) is 0 Å². The molecule has 1 saturated heterocycles. The molecule has 2 aromatic heterocycles. The third-order valence-electron chi connectivity index (χ3n) is 5.99. The Morgan fingerprint density at radius 2 is 1.94 bits per heavy atom. The van der Waals surface area contributed by atoms with Gasteiger partial charge in [-0.2, -0.15) is 18.2 Å². The smallest absolute Gasteiger partial charge is 0.390 e. The van der Waals surface area contributed by atoms with Crippen molar-refractivity contribution < 1.29 is 31.5 Å². The van der Waals surface area contributed by atoms with Crippen LogP contribution in [-0.2, 0) is 14.8 Å². The van der Waals surface area contributed by atoms with E-state index in [2.05, 4.69) is 25.1 Å². The van der Waals surface area contributed by atoms with Gasteiger partial charge in [-0.1, -0.05) is 4.85 Å². The van der Waals surface area contributed by atoms with Crippen LogP contribution in [0.25, 0.3) is 11.0 Å². The lowest BCUT2D eigenvalue weighted by Crippen LogP contribution is -2.41. The van der Waals surface area contributed by atoms with Gasteiger partial charge in [0, 0.05) is 31.4 Å². The average molecular weight is 508 g/mol. The number of morpholine rings is 1. The molecule has 1 atom stereocenters. The summed E-state index contributed by atoms with van der Waals surface area (Å²) in [5.41, 5.74) is 0.262. The van der Waals surface area contributed by atoms with Crippen LogP contribution in [0.15, 0.2) is 6.20 Å². The Morgan fingerprint density at radius 3 is 2.62 bits per heavy atom. The van der Waals surface area contributed by atoms with Gasteiger partial charge in [0.2, 0.25) is 21.6 Å². The third kappa shape index (κ3) is 6.18. The van der Waals surface area contributed by atoms with Crippen LogP contribution in [0.3, 0.4) is 0 Å². The SMILES string of the molecule is C[C@H]1CN(c2nn(O)c3nc(NC4CCC(NS(=O)(=O)CCC(F)(F)F)CC4)ncc23)CCO1. The highest BCUT2D eigenvalue weighted by Gasteiger charge is 2.32. The number of aromatic nitrogens is 4. The van der Waals surface area contributed by atoms with Gasteiger partial charge in [0.15, 0.2) is 5.82 Å². The zero-order valence-corrected chi connectivity index (χ0v) is 19.4. The fourth-order valence-corrected chi connectivity index (χ4v) is 5.65. The first-order valence-electron chi connectivity index (χ1n) is 11.1. The van der Waals surface area contributed by atoms with E-state index in [1.54, 1.807) is 6.20 Å². The van der Waals surface area contributed by atoms with Gasteiger partial charge in [0.25, 0.3) is 0 Å². The van der Waals surface area contributed by atoms with Gasteiger partial charge in [-0.05, 0) is 32.6 Å². The van der Waals surface area contributed by atoms with Gasteiger partial charge in [0.1, 0.15) is 0 Å². The minimum atomic E-state index is -4.51. The number of hydrogen-bond donors (Lipinski definition) is 3. The van der Waals surface area contributed by atoms with Gasteiger partial charge in [-0.25, -0.2) is 18.1 Å². The van der Waals surface area contributed by atoms with Crippen LogP contribution >= 0.6 is 0 Å². The van der Waals surface area contributed by atoms with Crippen LogP contribution in [0.4, 0.5) is 24.9 Å². The van der Waals surface area contributed by atoms with E-state index < -0.39 is 34.4 Å². The van der Waals surface area contributed by atoms with Crippen molar-refractivity contribution >= 4 is 32.8 Å². The lowest BCUT2D eigenvalue weighted by atomic mass is 9.92. The monoisotopic (exact) mass is 507 g/mol. The number of alkyl halides is 3. The Labute approximate surface area is 194 Å².